The lowest BCUT2D eigenvalue weighted by atomic mass is 10.4. The number of sulfone groups is 1. The number of nitrogens with zero attached hydrogens (tertiary/aromatic N) is 2. The van der Waals surface area contributed by atoms with Crippen molar-refractivity contribution in [3.8, 4) is 0 Å². The molecule has 0 radical (unpaired) electrons. The first-order chi connectivity index (χ1) is 8.34. The van der Waals surface area contributed by atoms with E-state index >= 15 is 0 Å². The van der Waals surface area contributed by atoms with Crippen LogP contribution in [-0.2, 0) is 9.84 Å². The Morgan fingerprint density at radius 3 is 2.72 bits per heavy atom. The summed E-state index contributed by atoms with van der Waals surface area (Å²) in [6, 6.07) is 2.34. The van der Waals surface area contributed by atoms with Crippen molar-refractivity contribution in [3.05, 3.63) is 22.2 Å². The van der Waals surface area contributed by atoms with E-state index in [9.17, 15) is 18.5 Å². The lowest BCUT2D eigenvalue weighted by Crippen LogP contribution is -2.17. The predicted octanol–water partition coefficient (Wildman–Crippen LogP) is 0.419. The van der Waals surface area contributed by atoms with Crippen LogP contribution >= 0.6 is 0 Å². The van der Waals surface area contributed by atoms with Crippen molar-refractivity contribution in [1.29, 1.82) is 0 Å². The normalized spacial score (nSPS) is 11.2. The van der Waals surface area contributed by atoms with Gasteiger partial charge in [-0.1, -0.05) is 6.92 Å². The van der Waals surface area contributed by atoms with Crippen LogP contribution in [0, 0.1) is 10.1 Å². The molecule has 0 saturated heterocycles. The quantitative estimate of drug-likeness (QED) is 0.568. The van der Waals surface area contributed by atoms with Gasteiger partial charge in [-0.05, 0) is 0 Å². The average Bonchev–Trinajstić information content (AvgIpc) is 2.28. The second kappa shape index (κ2) is 5.63. The van der Waals surface area contributed by atoms with Gasteiger partial charge in [-0.15, -0.1) is 0 Å². The summed E-state index contributed by atoms with van der Waals surface area (Å²) >= 11 is 0. The minimum atomic E-state index is -3.08. The standard InChI is InChI=1S/C9H14N4O4S/c1-2-18(16,17)4-3-11-9-6-7(13(14)15)5-8(10)12-9/h5-6H,2-4H2,1H3,(H3,10,11,12). The predicted molar refractivity (Wildman–Crippen MR) is 68.1 cm³/mol. The molecule has 0 aliphatic rings. The van der Waals surface area contributed by atoms with Crippen molar-refractivity contribution < 1.29 is 13.3 Å². The summed E-state index contributed by atoms with van der Waals surface area (Å²) < 4.78 is 22.5. The SMILES string of the molecule is CCS(=O)(=O)CCNc1cc([N+](=O)[O-])cc(N)n1. The van der Waals surface area contributed by atoms with Crippen LogP contribution in [0.15, 0.2) is 12.1 Å². The van der Waals surface area contributed by atoms with Gasteiger partial charge < -0.3 is 11.1 Å². The van der Waals surface area contributed by atoms with Crippen molar-refractivity contribution >= 4 is 27.2 Å². The van der Waals surface area contributed by atoms with E-state index in [0.29, 0.717) is 0 Å². The molecule has 0 bridgehead atoms. The van der Waals surface area contributed by atoms with Gasteiger partial charge in [-0.2, -0.15) is 0 Å². The highest BCUT2D eigenvalue weighted by Crippen LogP contribution is 2.18. The van der Waals surface area contributed by atoms with Gasteiger partial charge in [-0.3, -0.25) is 10.1 Å². The largest absolute Gasteiger partial charge is 0.383 e. The summed E-state index contributed by atoms with van der Waals surface area (Å²) in [5.41, 5.74) is 5.22. The maximum absolute atomic E-state index is 11.2. The van der Waals surface area contributed by atoms with E-state index in [4.69, 9.17) is 5.73 Å². The fourth-order valence-electron chi connectivity index (χ4n) is 1.21. The molecule has 18 heavy (non-hydrogen) atoms. The van der Waals surface area contributed by atoms with Gasteiger partial charge in [0, 0.05) is 12.3 Å². The van der Waals surface area contributed by atoms with Crippen LogP contribution in [0.5, 0.6) is 0 Å². The molecule has 0 spiro atoms. The Morgan fingerprint density at radius 2 is 2.17 bits per heavy atom. The van der Waals surface area contributed by atoms with E-state index in [-0.39, 0.29) is 35.4 Å². The topological polar surface area (TPSA) is 128 Å². The monoisotopic (exact) mass is 274 g/mol. The van der Waals surface area contributed by atoms with Crippen LogP contribution in [0.1, 0.15) is 6.92 Å². The lowest BCUT2D eigenvalue weighted by Gasteiger charge is -2.06. The molecule has 0 unspecified atom stereocenters. The first kappa shape index (κ1) is 14.2. The smallest absolute Gasteiger partial charge is 0.276 e. The van der Waals surface area contributed by atoms with Gasteiger partial charge in [0.1, 0.15) is 11.6 Å². The van der Waals surface area contributed by atoms with Crippen LogP contribution in [-0.4, -0.2) is 36.4 Å². The third-order valence-electron chi connectivity index (χ3n) is 2.20. The Balaban J connectivity index is 2.71. The van der Waals surface area contributed by atoms with Gasteiger partial charge in [0.15, 0.2) is 9.84 Å². The van der Waals surface area contributed by atoms with Gasteiger partial charge in [0.2, 0.25) is 0 Å². The van der Waals surface area contributed by atoms with Crippen molar-refractivity contribution in [3.63, 3.8) is 0 Å². The van der Waals surface area contributed by atoms with Crippen molar-refractivity contribution in [2.45, 2.75) is 6.92 Å². The minimum Gasteiger partial charge on any atom is -0.383 e. The van der Waals surface area contributed by atoms with Gasteiger partial charge in [0.25, 0.3) is 5.69 Å². The number of hydrogen-bond donors (Lipinski definition) is 2. The molecular formula is C9H14N4O4S. The van der Waals surface area contributed by atoms with E-state index in [1.807, 2.05) is 0 Å². The summed E-state index contributed by atoms with van der Waals surface area (Å²) in [6.45, 7) is 1.68. The number of rotatable bonds is 6. The zero-order valence-corrected chi connectivity index (χ0v) is 10.6. The molecule has 8 nitrogen and oxygen atoms in total. The number of hydrogen-bond acceptors (Lipinski definition) is 7. The number of anilines is 2. The third kappa shape index (κ3) is 4.17. The Kier molecular flexibility index (Phi) is 4.43. The maximum Gasteiger partial charge on any atom is 0.276 e. The molecular weight excluding hydrogens is 260 g/mol. The van der Waals surface area contributed by atoms with Crippen LogP contribution in [0.25, 0.3) is 0 Å². The number of nitro groups is 1. The molecule has 0 atom stereocenters. The lowest BCUT2D eigenvalue weighted by molar-refractivity contribution is -0.384. The van der Waals surface area contributed by atoms with Crippen LogP contribution in [0.3, 0.4) is 0 Å². The number of pyridine rings is 1. The Morgan fingerprint density at radius 1 is 1.50 bits per heavy atom. The van der Waals surface area contributed by atoms with E-state index < -0.39 is 14.8 Å². The number of nitrogen functional groups attached to an aromatic ring is 1. The van der Waals surface area contributed by atoms with Gasteiger partial charge in [-0.25, -0.2) is 13.4 Å². The van der Waals surface area contributed by atoms with Crippen LogP contribution < -0.4 is 11.1 Å². The summed E-state index contributed by atoms with van der Waals surface area (Å²) in [7, 11) is -3.08. The van der Waals surface area contributed by atoms with Crippen LogP contribution in [0.2, 0.25) is 0 Å². The molecule has 0 aromatic carbocycles. The molecule has 100 valence electrons. The number of nitrogens with two attached hydrogens (primary N) is 1. The summed E-state index contributed by atoms with van der Waals surface area (Å²) in [5, 5.41) is 13.3. The Labute approximate surface area is 104 Å². The van der Waals surface area contributed by atoms with E-state index in [2.05, 4.69) is 10.3 Å². The molecule has 1 rings (SSSR count). The Bertz CT molecular complexity index is 543. The molecule has 0 amide bonds. The summed E-state index contributed by atoms with van der Waals surface area (Å²) in [6.07, 6.45) is 0. The average molecular weight is 274 g/mol. The highest BCUT2D eigenvalue weighted by Gasteiger charge is 2.11. The highest BCUT2D eigenvalue weighted by molar-refractivity contribution is 7.91. The van der Waals surface area contributed by atoms with E-state index in [1.54, 1.807) is 6.92 Å². The molecule has 3 N–H and O–H groups in total. The third-order valence-corrected chi connectivity index (χ3v) is 3.91. The first-order valence-corrected chi connectivity index (χ1v) is 7.02. The maximum atomic E-state index is 11.2. The van der Waals surface area contributed by atoms with Crippen molar-refractivity contribution in [1.82, 2.24) is 4.98 Å². The van der Waals surface area contributed by atoms with Crippen molar-refractivity contribution in [2.75, 3.05) is 29.1 Å². The molecule has 9 heteroatoms. The second-order valence-corrected chi connectivity index (χ2v) is 6.03. The molecule has 1 heterocycles. The van der Waals surface area contributed by atoms with E-state index in [1.165, 1.54) is 6.07 Å². The molecule has 1 aromatic heterocycles. The number of nitrogens with one attached hydrogen (secondary N) is 1. The zero-order chi connectivity index (χ0) is 13.8. The Hall–Kier alpha value is -1.90. The fourth-order valence-corrected chi connectivity index (χ4v) is 1.91. The molecule has 0 aliphatic heterocycles. The zero-order valence-electron chi connectivity index (χ0n) is 9.79. The summed E-state index contributed by atoms with van der Waals surface area (Å²) in [4.78, 5) is 13.8. The molecule has 1 aromatic rings. The van der Waals surface area contributed by atoms with Gasteiger partial charge >= 0.3 is 0 Å². The van der Waals surface area contributed by atoms with Gasteiger partial charge in [0.05, 0.1) is 22.8 Å². The first-order valence-electron chi connectivity index (χ1n) is 5.20. The summed E-state index contributed by atoms with van der Waals surface area (Å²) in [5.74, 6) is 0.186. The highest BCUT2D eigenvalue weighted by atomic mass is 32.2. The molecule has 0 aliphatic carbocycles. The van der Waals surface area contributed by atoms with Crippen LogP contribution in [0.4, 0.5) is 17.3 Å². The molecule has 0 fully saturated rings. The van der Waals surface area contributed by atoms with Crippen molar-refractivity contribution in [2.24, 2.45) is 0 Å². The second-order valence-electron chi connectivity index (χ2n) is 3.56. The minimum absolute atomic E-state index is 0.00467. The number of aromatic nitrogens is 1. The molecule has 0 saturated carbocycles. The fraction of sp³-hybridized carbons (Fsp3) is 0.444. The van der Waals surface area contributed by atoms with E-state index in [0.717, 1.165) is 6.07 Å².